The molecule has 1 aliphatic rings. The minimum absolute atomic E-state index is 0.195. The summed E-state index contributed by atoms with van der Waals surface area (Å²) in [4.78, 5) is 2.16. The van der Waals surface area contributed by atoms with Gasteiger partial charge in [0.05, 0.1) is 20.3 Å². The highest BCUT2D eigenvalue weighted by Crippen LogP contribution is 2.28. The summed E-state index contributed by atoms with van der Waals surface area (Å²) in [6.45, 7) is 3.72. The van der Waals surface area contributed by atoms with Crippen LogP contribution in [0.1, 0.15) is 24.0 Å². The Hall–Kier alpha value is -2.32. The predicted octanol–water partition coefficient (Wildman–Crippen LogP) is 2.19. The van der Waals surface area contributed by atoms with Gasteiger partial charge in [0.15, 0.2) is 11.5 Å². The van der Waals surface area contributed by atoms with E-state index in [4.69, 9.17) is 14.2 Å². The van der Waals surface area contributed by atoms with Crippen molar-refractivity contribution in [2.24, 2.45) is 0 Å². The van der Waals surface area contributed by atoms with E-state index in [0.717, 1.165) is 42.8 Å². The van der Waals surface area contributed by atoms with E-state index < -0.39 is 6.10 Å². The summed E-state index contributed by atoms with van der Waals surface area (Å²) in [5.41, 5.74) is 2.18. The van der Waals surface area contributed by atoms with Gasteiger partial charge in [0.25, 0.3) is 0 Å². The number of likely N-dealkylation sites (tertiary alicyclic amines) is 1. The number of benzene rings is 2. The molecule has 0 saturated carbocycles. The zero-order chi connectivity index (χ0) is 22.1. The third-order valence-electron chi connectivity index (χ3n) is 5.52. The van der Waals surface area contributed by atoms with Crippen LogP contribution in [0.15, 0.2) is 42.5 Å². The maximum absolute atomic E-state index is 10.3. The SMILES string of the molecule is COc1ccccc1CNCc1ccc(OCC(O)CN2CCC(O)CC2)c(OC)c1. The molecule has 0 radical (unpaired) electrons. The zero-order valence-electron chi connectivity index (χ0n) is 18.4. The van der Waals surface area contributed by atoms with Crippen molar-refractivity contribution in [1.29, 1.82) is 0 Å². The molecule has 1 heterocycles. The predicted molar refractivity (Wildman–Crippen MR) is 120 cm³/mol. The van der Waals surface area contributed by atoms with E-state index in [1.807, 2.05) is 42.5 Å². The summed E-state index contributed by atoms with van der Waals surface area (Å²) in [6.07, 6.45) is 0.709. The molecular formula is C24H34N2O5. The fourth-order valence-electron chi connectivity index (χ4n) is 3.77. The fraction of sp³-hybridized carbons (Fsp3) is 0.500. The third-order valence-corrected chi connectivity index (χ3v) is 5.52. The molecule has 3 N–H and O–H groups in total. The lowest BCUT2D eigenvalue weighted by Crippen LogP contribution is -2.41. The quantitative estimate of drug-likeness (QED) is 0.504. The highest BCUT2D eigenvalue weighted by atomic mass is 16.5. The Labute approximate surface area is 184 Å². The number of aliphatic hydroxyl groups excluding tert-OH is 2. The van der Waals surface area contributed by atoms with Gasteiger partial charge in [-0.3, -0.25) is 0 Å². The van der Waals surface area contributed by atoms with E-state index in [9.17, 15) is 10.2 Å². The van der Waals surface area contributed by atoms with Gasteiger partial charge in [0.1, 0.15) is 18.5 Å². The van der Waals surface area contributed by atoms with E-state index in [2.05, 4.69) is 10.2 Å². The average Bonchev–Trinajstić information content (AvgIpc) is 2.80. The topological polar surface area (TPSA) is 83.4 Å². The lowest BCUT2D eigenvalue weighted by molar-refractivity contribution is 0.0333. The molecule has 0 aliphatic carbocycles. The molecular weight excluding hydrogens is 396 g/mol. The maximum atomic E-state index is 10.3. The number of methoxy groups -OCH3 is 2. The van der Waals surface area contributed by atoms with Crippen LogP contribution in [0.5, 0.6) is 17.2 Å². The molecule has 31 heavy (non-hydrogen) atoms. The second-order valence-electron chi connectivity index (χ2n) is 7.90. The van der Waals surface area contributed by atoms with E-state index in [0.29, 0.717) is 31.1 Å². The van der Waals surface area contributed by atoms with Crippen molar-refractivity contribution < 1.29 is 24.4 Å². The molecule has 1 unspecified atom stereocenters. The van der Waals surface area contributed by atoms with Crippen LogP contribution in [0, 0.1) is 0 Å². The van der Waals surface area contributed by atoms with Crippen molar-refractivity contribution >= 4 is 0 Å². The van der Waals surface area contributed by atoms with Crippen LogP contribution in [0.3, 0.4) is 0 Å². The summed E-state index contributed by atoms with van der Waals surface area (Å²) in [6, 6.07) is 13.8. The molecule has 3 rings (SSSR count). The number of hydrogen-bond acceptors (Lipinski definition) is 7. The number of rotatable bonds is 11. The monoisotopic (exact) mass is 430 g/mol. The molecule has 1 aliphatic heterocycles. The second-order valence-corrected chi connectivity index (χ2v) is 7.90. The zero-order valence-corrected chi connectivity index (χ0v) is 18.4. The number of hydrogen-bond donors (Lipinski definition) is 3. The summed E-state index contributed by atoms with van der Waals surface area (Å²) < 4.78 is 16.7. The first-order valence-corrected chi connectivity index (χ1v) is 10.8. The van der Waals surface area contributed by atoms with Crippen molar-refractivity contribution in [1.82, 2.24) is 10.2 Å². The summed E-state index contributed by atoms with van der Waals surface area (Å²) in [5, 5.41) is 23.3. The van der Waals surface area contributed by atoms with Crippen LogP contribution < -0.4 is 19.5 Å². The lowest BCUT2D eigenvalue weighted by atomic mass is 10.1. The summed E-state index contributed by atoms with van der Waals surface area (Å²) in [7, 11) is 3.29. The first-order chi connectivity index (χ1) is 15.1. The highest BCUT2D eigenvalue weighted by molar-refractivity contribution is 5.43. The molecule has 0 bridgehead atoms. The Morgan fingerprint density at radius 1 is 1.00 bits per heavy atom. The molecule has 170 valence electrons. The van der Waals surface area contributed by atoms with Gasteiger partial charge in [-0.25, -0.2) is 0 Å². The van der Waals surface area contributed by atoms with Gasteiger partial charge in [0.2, 0.25) is 0 Å². The number of piperidine rings is 1. The van der Waals surface area contributed by atoms with Crippen LogP contribution in [-0.2, 0) is 13.1 Å². The number of nitrogens with one attached hydrogen (secondary N) is 1. The molecule has 2 aromatic rings. The van der Waals surface area contributed by atoms with Gasteiger partial charge < -0.3 is 34.6 Å². The van der Waals surface area contributed by atoms with E-state index in [1.165, 1.54) is 0 Å². The van der Waals surface area contributed by atoms with Crippen molar-refractivity contribution in [2.75, 3.05) is 40.5 Å². The fourth-order valence-corrected chi connectivity index (χ4v) is 3.77. The van der Waals surface area contributed by atoms with E-state index in [-0.39, 0.29) is 12.7 Å². The third kappa shape index (κ3) is 7.11. The van der Waals surface area contributed by atoms with Gasteiger partial charge >= 0.3 is 0 Å². The van der Waals surface area contributed by atoms with Crippen LogP contribution >= 0.6 is 0 Å². The van der Waals surface area contributed by atoms with Gasteiger partial charge in [0, 0.05) is 38.3 Å². The van der Waals surface area contributed by atoms with Crippen LogP contribution in [0.4, 0.5) is 0 Å². The largest absolute Gasteiger partial charge is 0.496 e. The normalized spacial score (nSPS) is 16.1. The van der Waals surface area contributed by atoms with Crippen molar-refractivity contribution in [2.45, 2.75) is 38.1 Å². The maximum Gasteiger partial charge on any atom is 0.161 e. The average molecular weight is 431 g/mol. The molecule has 0 spiro atoms. The van der Waals surface area contributed by atoms with Crippen LogP contribution in [0.25, 0.3) is 0 Å². The highest BCUT2D eigenvalue weighted by Gasteiger charge is 2.20. The van der Waals surface area contributed by atoms with Crippen LogP contribution in [0.2, 0.25) is 0 Å². The number of para-hydroxylation sites is 1. The first-order valence-electron chi connectivity index (χ1n) is 10.8. The smallest absolute Gasteiger partial charge is 0.161 e. The van der Waals surface area contributed by atoms with E-state index in [1.54, 1.807) is 14.2 Å². The van der Waals surface area contributed by atoms with Crippen molar-refractivity contribution in [3.05, 3.63) is 53.6 Å². The van der Waals surface area contributed by atoms with Gasteiger partial charge in [-0.1, -0.05) is 24.3 Å². The van der Waals surface area contributed by atoms with Gasteiger partial charge in [-0.15, -0.1) is 0 Å². The van der Waals surface area contributed by atoms with Crippen molar-refractivity contribution in [3.8, 4) is 17.2 Å². The Morgan fingerprint density at radius 3 is 2.48 bits per heavy atom. The summed E-state index contributed by atoms with van der Waals surface area (Å²) in [5.74, 6) is 2.13. The first kappa shape index (κ1) is 23.3. The molecule has 1 saturated heterocycles. The standard InChI is InChI=1S/C24H34N2O5/c1-29-22-6-4-3-5-19(22)15-25-14-18-7-8-23(24(13-18)30-2)31-17-21(28)16-26-11-9-20(27)10-12-26/h3-8,13,20-21,25,27-28H,9-12,14-17H2,1-2H3. The number of aliphatic hydroxyl groups is 2. The molecule has 0 amide bonds. The molecule has 1 atom stereocenters. The van der Waals surface area contributed by atoms with Crippen molar-refractivity contribution in [3.63, 3.8) is 0 Å². The lowest BCUT2D eigenvalue weighted by Gasteiger charge is -2.30. The Kier molecular flexibility index (Phi) is 8.97. The van der Waals surface area contributed by atoms with Gasteiger partial charge in [-0.05, 0) is 36.6 Å². The number of β-amino-alcohol motifs (C(OH)–C–C–N with tert-alkyl or cyclic N) is 1. The summed E-state index contributed by atoms with van der Waals surface area (Å²) >= 11 is 0. The molecule has 0 aromatic heterocycles. The second kappa shape index (κ2) is 11.9. The van der Waals surface area contributed by atoms with Gasteiger partial charge in [-0.2, -0.15) is 0 Å². The number of ether oxygens (including phenoxy) is 3. The minimum atomic E-state index is -0.595. The van der Waals surface area contributed by atoms with E-state index >= 15 is 0 Å². The molecule has 7 nitrogen and oxygen atoms in total. The number of nitrogens with zero attached hydrogens (tertiary/aromatic N) is 1. The Morgan fingerprint density at radius 2 is 1.74 bits per heavy atom. The molecule has 1 fully saturated rings. The van der Waals surface area contributed by atoms with Crippen LogP contribution in [-0.4, -0.2) is 67.8 Å². The molecule has 7 heteroatoms. The minimum Gasteiger partial charge on any atom is -0.496 e. The Bertz CT molecular complexity index is 808. The molecule has 2 aromatic carbocycles. The Balaban J connectivity index is 1.47.